The lowest BCUT2D eigenvalue weighted by molar-refractivity contribution is -0.133. The average molecular weight is 304 g/mol. The molecule has 1 N–H and O–H groups in total. The third-order valence-electron chi connectivity index (χ3n) is 3.87. The van der Waals surface area contributed by atoms with Crippen molar-refractivity contribution in [2.75, 3.05) is 58.6 Å². The van der Waals surface area contributed by atoms with Gasteiger partial charge < -0.3 is 10.2 Å². The van der Waals surface area contributed by atoms with Crippen LogP contribution < -0.4 is 5.32 Å². The molecule has 20 heavy (non-hydrogen) atoms. The Labute approximate surface area is 120 Å². The highest BCUT2D eigenvalue weighted by atomic mass is 32.2. The minimum atomic E-state index is -3.13. The van der Waals surface area contributed by atoms with Gasteiger partial charge in [0.15, 0.2) is 0 Å². The number of rotatable bonds is 3. The van der Waals surface area contributed by atoms with Crippen LogP contribution in [0, 0.1) is 0 Å². The molecule has 2 rings (SSSR count). The highest BCUT2D eigenvalue weighted by molar-refractivity contribution is 7.88. The summed E-state index contributed by atoms with van der Waals surface area (Å²) in [6.45, 7) is 7.03. The molecule has 0 radical (unpaired) electrons. The fourth-order valence-corrected chi connectivity index (χ4v) is 3.54. The van der Waals surface area contributed by atoms with E-state index in [4.69, 9.17) is 0 Å². The van der Waals surface area contributed by atoms with E-state index >= 15 is 0 Å². The number of carbonyl (C=O) groups is 1. The summed E-state index contributed by atoms with van der Waals surface area (Å²) in [6.07, 6.45) is 1.21. The van der Waals surface area contributed by atoms with Crippen molar-refractivity contribution in [1.29, 1.82) is 0 Å². The number of amides is 1. The van der Waals surface area contributed by atoms with Crippen molar-refractivity contribution in [2.24, 2.45) is 0 Å². The standard InChI is InChI=1S/C12H24N4O3S/c1-11-9-14(4-3-13-11)10-12(17)15-5-7-16(8-6-15)20(2,18)19/h11,13H,3-10H2,1-2H3/t11-/m0/s1. The van der Waals surface area contributed by atoms with Gasteiger partial charge in [-0.05, 0) is 6.92 Å². The van der Waals surface area contributed by atoms with E-state index < -0.39 is 10.0 Å². The first-order valence-electron chi connectivity index (χ1n) is 7.05. The van der Waals surface area contributed by atoms with Crippen LogP contribution in [-0.2, 0) is 14.8 Å². The molecule has 2 aliphatic heterocycles. The van der Waals surface area contributed by atoms with Crippen molar-refractivity contribution in [1.82, 2.24) is 19.4 Å². The summed E-state index contributed by atoms with van der Waals surface area (Å²) in [5.74, 6) is 0.104. The van der Waals surface area contributed by atoms with E-state index in [1.807, 2.05) is 0 Å². The van der Waals surface area contributed by atoms with E-state index in [1.165, 1.54) is 10.6 Å². The van der Waals surface area contributed by atoms with Crippen LogP contribution in [0.25, 0.3) is 0 Å². The molecule has 1 amide bonds. The number of sulfonamides is 1. The quantitative estimate of drug-likeness (QED) is 0.679. The predicted octanol–water partition coefficient (Wildman–Crippen LogP) is -1.62. The highest BCUT2D eigenvalue weighted by Crippen LogP contribution is 2.07. The van der Waals surface area contributed by atoms with Gasteiger partial charge in [0.2, 0.25) is 15.9 Å². The van der Waals surface area contributed by atoms with Crippen molar-refractivity contribution in [3.8, 4) is 0 Å². The minimum Gasteiger partial charge on any atom is -0.339 e. The molecule has 0 spiro atoms. The average Bonchev–Trinajstić information content (AvgIpc) is 2.38. The van der Waals surface area contributed by atoms with Crippen LogP contribution in [0.2, 0.25) is 0 Å². The van der Waals surface area contributed by atoms with Gasteiger partial charge in [-0.25, -0.2) is 8.42 Å². The fraction of sp³-hybridized carbons (Fsp3) is 0.917. The monoisotopic (exact) mass is 304 g/mol. The molecule has 2 heterocycles. The molecule has 2 aliphatic rings. The van der Waals surface area contributed by atoms with Gasteiger partial charge in [-0.1, -0.05) is 0 Å². The Morgan fingerprint density at radius 3 is 2.40 bits per heavy atom. The summed E-state index contributed by atoms with van der Waals surface area (Å²) in [6, 6.07) is 0.415. The topological polar surface area (TPSA) is 73.0 Å². The van der Waals surface area contributed by atoms with Crippen molar-refractivity contribution in [3.05, 3.63) is 0 Å². The highest BCUT2D eigenvalue weighted by Gasteiger charge is 2.27. The Morgan fingerprint density at radius 2 is 1.85 bits per heavy atom. The summed E-state index contributed by atoms with van der Waals surface area (Å²) in [5.41, 5.74) is 0. The smallest absolute Gasteiger partial charge is 0.236 e. The molecule has 0 saturated carbocycles. The van der Waals surface area contributed by atoms with E-state index in [9.17, 15) is 13.2 Å². The van der Waals surface area contributed by atoms with Crippen molar-refractivity contribution >= 4 is 15.9 Å². The van der Waals surface area contributed by atoms with Crippen LogP contribution in [0.3, 0.4) is 0 Å². The van der Waals surface area contributed by atoms with E-state index in [1.54, 1.807) is 4.90 Å². The summed E-state index contributed by atoms with van der Waals surface area (Å²) in [5, 5.41) is 3.35. The molecule has 116 valence electrons. The second kappa shape index (κ2) is 6.38. The lowest BCUT2D eigenvalue weighted by atomic mass is 10.2. The third-order valence-corrected chi connectivity index (χ3v) is 5.18. The zero-order valence-corrected chi connectivity index (χ0v) is 13.0. The minimum absolute atomic E-state index is 0.104. The van der Waals surface area contributed by atoms with Gasteiger partial charge in [0.05, 0.1) is 12.8 Å². The fourth-order valence-electron chi connectivity index (χ4n) is 2.72. The van der Waals surface area contributed by atoms with Crippen LogP contribution in [0.5, 0.6) is 0 Å². The molecule has 0 unspecified atom stereocenters. The predicted molar refractivity (Wildman–Crippen MR) is 76.9 cm³/mol. The van der Waals surface area contributed by atoms with Gasteiger partial charge in [0.1, 0.15) is 0 Å². The van der Waals surface area contributed by atoms with Crippen LogP contribution in [0.4, 0.5) is 0 Å². The number of hydrogen-bond donors (Lipinski definition) is 1. The summed E-state index contributed by atoms with van der Waals surface area (Å²) in [7, 11) is -3.13. The molecular formula is C12H24N4O3S. The van der Waals surface area contributed by atoms with Crippen molar-refractivity contribution in [2.45, 2.75) is 13.0 Å². The Balaban J connectivity index is 1.80. The lowest BCUT2D eigenvalue weighted by Gasteiger charge is -2.36. The Hall–Kier alpha value is -0.700. The second-order valence-electron chi connectivity index (χ2n) is 5.63. The maximum atomic E-state index is 12.2. The molecule has 0 bridgehead atoms. The molecular weight excluding hydrogens is 280 g/mol. The van der Waals surface area contributed by atoms with Gasteiger partial charge in [0.25, 0.3) is 0 Å². The Morgan fingerprint density at radius 1 is 1.20 bits per heavy atom. The Kier molecular flexibility index (Phi) is 5.00. The van der Waals surface area contributed by atoms with Gasteiger partial charge >= 0.3 is 0 Å². The second-order valence-corrected chi connectivity index (χ2v) is 7.62. The SMILES string of the molecule is C[C@H]1CN(CC(=O)N2CCN(S(C)(=O)=O)CC2)CCN1. The first-order valence-corrected chi connectivity index (χ1v) is 8.90. The summed E-state index contributed by atoms with van der Waals surface area (Å²) < 4.78 is 24.3. The van der Waals surface area contributed by atoms with E-state index in [-0.39, 0.29) is 5.91 Å². The van der Waals surface area contributed by atoms with E-state index in [0.717, 1.165) is 19.6 Å². The number of nitrogens with one attached hydrogen (secondary N) is 1. The maximum Gasteiger partial charge on any atom is 0.236 e. The zero-order valence-electron chi connectivity index (χ0n) is 12.2. The number of carbonyl (C=O) groups excluding carboxylic acids is 1. The van der Waals surface area contributed by atoms with Crippen molar-refractivity contribution < 1.29 is 13.2 Å². The normalized spacial score (nSPS) is 26.7. The molecule has 2 fully saturated rings. The van der Waals surface area contributed by atoms with Gasteiger partial charge in [-0.3, -0.25) is 9.69 Å². The number of piperazine rings is 2. The van der Waals surface area contributed by atoms with Crippen LogP contribution in [-0.4, -0.2) is 93.1 Å². The first kappa shape index (κ1) is 15.7. The van der Waals surface area contributed by atoms with Crippen LogP contribution in [0.15, 0.2) is 0 Å². The molecule has 1 atom stereocenters. The molecule has 0 aromatic heterocycles. The molecule has 8 heteroatoms. The van der Waals surface area contributed by atoms with Gasteiger partial charge in [-0.15, -0.1) is 0 Å². The maximum absolute atomic E-state index is 12.2. The molecule has 7 nitrogen and oxygen atoms in total. The van der Waals surface area contributed by atoms with Crippen molar-refractivity contribution in [3.63, 3.8) is 0 Å². The van der Waals surface area contributed by atoms with E-state index in [0.29, 0.717) is 38.8 Å². The Bertz CT molecular complexity index is 446. The van der Waals surface area contributed by atoms with Crippen LogP contribution in [0.1, 0.15) is 6.92 Å². The third kappa shape index (κ3) is 4.15. The summed E-state index contributed by atoms with van der Waals surface area (Å²) in [4.78, 5) is 16.2. The molecule has 0 aliphatic carbocycles. The molecule has 0 aromatic carbocycles. The summed E-state index contributed by atoms with van der Waals surface area (Å²) >= 11 is 0. The van der Waals surface area contributed by atoms with E-state index in [2.05, 4.69) is 17.1 Å². The zero-order chi connectivity index (χ0) is 14.8. The molecule has 2 saturated heterocycles. The first-order chi connectivity index (χ1) is 9.36. The van der Waals surface area contributed by atoms with Gasteiger partial charge in [0, 0.05) is 51.9 Å². The number of nitrogens with zero attached hydrogens (tertiary/aromatic N) is 3. The van der Waals surface area contributed by atoms with Gasteiger partial charge in [-0.2, -0.15) is 4.31 Å². The largest absolute Gasteiger partial charge is 0.339 e. The number of hydrogen-bond acceptors (Lipinski definition) is 5. The molecule has 0 aromatic rings. The van der Waals surface area contributed by atoms with Crippen LogP contribution >= 0.6 is 0 Å². The lowest BCUT2D eigenvalue weighted by Crippen LogP contribution is -2.55.